The van der Waals surface area contributed by atoms with Gasteiger partial charge in [-0.25, -0.2) is 0 Å². The van der Waals surface area contributed by atoms with Crippen LogP contribution in [0, 0.1) is 10.1 Å². The number of anilines is 1. The Labute approximate surface area is 148 Å². The van der Waals surface area contributed by atoms with Gasteiger partial charge >= 0.3 is 0 Å². The molecule has 0 aliphatic carbocycles. The number of nitro groups is 1. The monoisotopic (exact) mass is 358 g/mol. The minimum absolute atomic E-state index is 0. The van der Waals surface area contributed by atoms with E-state index in [0.717, 1.165) is 18.5 Å². The molecular formula is C16H27ClN4O3. The van der Waals surface area contributed by atoms with E-state index >= 15 is 0 Å². The summed E-state index contributed by atoms with van der Waals surface area (Å²) < 4.78 is 0. The average Bonchev–Trinajstić information content (AvgIpc) is 2.57. The molecule has 1 aromatic rings. The third-order valence-electron chi connectivity index (χ3n) is 4.14. The van der Waals surface area contributed by atoms with Gasteiger partial charge < -0.3 is 16.4 Å². The number of nitrogens with zero attached hydrogens (tertiary/aromatic N) is 1. The number of benzene rings is 1. The molecule has 0 saturated carbocycles. The van der Waals surface area contributed by atoms with Crippen molar-refractivity contribution in [2.45, 2.75) is 45.1 Å². The highest BCUT2D eigenvalue weighted by molar-refractivity contribution is 5.85. The molecule has 7 nitrogen and oxygen atoms in total. The summed E-state index contributed by atoms with van der Waals surface area (Å²) in [6.45, 7) is 5.10. The van der Waals surface area contributed by atoms with Crippen LogP contribution in [0.25, 0.3) is 0 Å². The first-order valence-corrected chi connectivity index (χ1v) is 7.95. The van der Waals surface area contributed by atoms with Crippen LogP contribution in [0.3, 0.4) is 0 Å². The Morgan fingerprint density at radius 1 is 1.25 bits per heavy atom. The molecule has 24 heavy (non-hydrogen) atoms. The van der Waals surface area contributed by atoms with Gasteiger partial charge in [0.05, 0.1) is 10.5 Å². The number of non-ortho nitro benzene ring substituents is 1. The Morgan fingerprint density at radius 3 is 2.29 bits per heavy atom. The van der Waals surface area contributed by atoms with E-state index in [4.69, 9.17) is 5.73 Å². The lowest BCUT2D eigenvalue weighted by Gasteiger charge is -2.31. The molecule has 0 unspecified atom stereocenters. The number of carbonyl (C=O) groups is 1. The van der Waals surface area contributed by atoms with Crippen molar-refractivity contribution in [3.8, 4) is 0 Å². The van der Waals surface area contributed by atoms with Crippen LogP contribution in [0.15, 0.2) is 24.3 Å². The highest BCUT2D eigenvalue weighted by Gasteiger charge is 2.25. The number of rotatable bonds is 10. The quantitative estimate of drug-likeness (QED) is 0.338. The summed E-state index contributed by atoms with van der Waals surface area (Å²) in [7, 11) is 0. The van der Waals surface area contributed by atoms with Gasteiger partial charge in [-0.05, 0) is 31.4 Å². The lowest BCUT2D eigenvalue weighted by Crippen LogP contribution is -2.52. The summed E-state index contributed by atoms with van der Waals surface area (Å²) in [5.74, 6) is 0.00431. The minimum atomic E-state index is -0.431. The SMILES string of the molecule is CCC(CC)(CN)NC(=O)CCCNc1ccc([N+](=O)[O-])cc1.Cl. The van der Waals surface area contributed by atoms with Crippen LogP contribution in [0.4, 0.5) is 11.4 Å². The summed E-state index contributed by atoms with van der Waals surface area (Å²) in [5, 5.41) is 16.7. The van der Waals surface area contributed by atoms with Gasteiger partial charge in [0.2, 0.25) is 5.91 Å². The second kappa shape index (κ2) is 10.8. The van der Waals surface area contributed by atoms with Gasteiger partial charge in [0, 0.05) is 37.3 Å². The smallest absolute Gasteiger partial charge is 0.269 e. The molecular weight excluding hydrogens is 332 g/mol. The van der Waals surface area contributed by atoms with Crippen molar-refractivity contribution in [2.75, 3.05) is 18.4 Å². The number of halogens is 1. The number of nitrogens with two attached hydrogens (primary N) is 1. The van der Waals surface area contributed by atoms with Crippen LogP contribution in [-0.2, 0) is 4.79 Å². The molecule has 4 N–H and O–H groups in total. The van der Waals surface area contributed by atoms with Gasteiger partial charge in [-0.2, -0.15) is 0 Å². The Balaban J connectivity index is 0.00000529. The molecule has 0 radical (unpaired) electrons. The number of nitrogens with one attached hydrogen (secondary N) is 2. The molecule has 0 aromatic heterocycles. The van der Waals surface area contributed by atoms with Crippen LogP contribution in [0.2, 0.25) is 0 Å². The van der Waals surface area contributed by atoms with Gasteiger partial charge in [0.1, 0.15) is 0 Å². The lowest BCUT2D eigenvalue weighted by atomic mass is 9.92. The molecule has 0 aliphatic rings. The zero-order valence-corrected chi connectivity index (χ0v) is 15.0. The van der Waals surface area contributed by atoms with Gasteiger partial charge in [0.25, 0.3) is 5.69 Å². The molecule has 1 amide bonds. The van der Waals surface area contributed by atoms with Crippen LogP contribution in [-0.4, -0.2) is 29.5 Å². The maximum atomic E-state index is 12.0. The van der Waals surface area contributed by atoms with E-state index in [1.807, 2.05) is 13.8 Å². The molecule has 8 heteroatoms. The van der Waals surface area contributed by atoms with Gasteiger partial charge in [-0.3, -0.25) is 14.9 Å². The first-order chi connectivity index (χ1) is 11.0. The van der Waals surface area contributed by atoms with Crippen molar-refractivity contribution >= 4 is 29.7 Å². The van der Waals surface area contributed by atoms with Crippen LogP contribution >= 0.6 is 12.4 Å². The fraction of sp³-hybridized carbons (Fsp3) is 0.562. The Bertz CT molecular complexity index is 510. The number of nitro benzene ring substituents is 1. The standard InChI is InChI=1S/C16H26N4O3.ClH/c1-3-16(4-2,12-17)19-15(21)6-5-11-18-13-7-9-14(10-8-13)20(22)23;/h7-10,18H,3-6,11-12,17H2,1-2H3,(H,19,21);1H. The Kier molecular flexibility index (Phi) is 9.99. The fourth-order valence-electron chi connectivity index (χ4n) is 2.31. The maximum absolute atomic E-state index is 12.0. The second-order valence-corrected chi connectivity index (χ2v) is 5.57. The van der Waals surface area contributed by atoms with Crippen LogP contribution < -0.4 is 16.4 Å². The van der Waals surface area contributed by atoms with E-state index < -0.39 is 4.92 Å². The van der Waals surface area contributed by atoms with Crippen molar-refractivity contribution in [2.24, 2.45) is 5.73 Å². The summed E-state index contributed by atoms with van der Waals surface area (Å²) in [5.41, 5.74) is 6.33. The van der Waals surface area contributed by atoms with E-state index in [0.29, 0.717) is 25.9 Å². The molecule has 0 fully saturated rings. The van der Waals surface area contributed by atoms with E-state index in [2.05, 4.69) is 10.6 Å². The average molecular weight is 359 g/mol. The Hall–Kier alpha value is -1.86. The number of amides is 1. The van der Waals surface area contributed by atoms with E-state index in [1.54, 1.807) is 12.1 Å². The van der Waals surface area contributed by atoms with Crippen molar-refractivity contribution in [3.63, 3.8) is 0 Å². The molecule has 1 aromatic carbocycles. The van der Waals surface area contributed by atoms with Crippen LogP contribution in [0.1, 0.15) is 39.5 Å². The lowest BCUT2D eigenvalue weighted by molar-refractivity contribution is -0.384. The van der Waals surface area contributed by atoms with Crippen LogP contribution in [0.5, 0.6) is 0 Å². The normalized spacial score (nSPS) is 10.6. The Morgan fingerprint density at radius 2 is 1.83 bits per heavy atom. The zero-order chi connectivity index (χ0) is 17.3. The molecule has 0 spiro atoms. The highest BCUT2D eigenvalue weighted by atomic mass is 35.5. The molecule has 1 rings (SSSR count). The number of hydrogen-bond acceptors (Lipinski definition) is 5. The predicted octanol–water partition coefficient (Wildman–Crippen LogP) is 2.84. The van der Waals surface area contributed by atoms with Crippen molar-refractivity contribution in [1.29, 1.82) is 0 Å². The largest absolute Gasteiger partial charge is 0.385 e. The van der Waals surface area contributed by atoms with Gasteiger partial charge in [-0.1, -0.05) is 13.8 Å². The molecule has 0 saturated heterocycles. The summed E-state index contributed by atoms with van der Waals surface area (Å²) in [6.07, 6.45) is 2.72. The summed E-state index contributed by atoms with van der Waals surface area (Å²) in [6, 6.07) is 6.22. The van der Waals surface area contributed by atoms with E-state index in [-0.39, 0.29) is 29.5 Å². The molecule has 0 heterocycles. The van der Waals surface area contributed by atoms with E-state index in [9.17, 15) is 14.9 Å². The molecule has 0 aliphatic heterocycles. The van der Waals surface area contributed by atoms with E-state index in [1.165, 1.54) is 12.1 Å². The fourth-order valence-corrected chi connectivity index (χ4v) is 2.31. The molecule has 136 valence electrons. The minimum Gasteiger partial charge on any atom is -0.385 e. The molecule has 0 atom stereocenters. The summed E-state index contributed by atoms with van der Waals surface area (Å²) in [4.78, 5) is 22.1. The molecule has 0 bridgehead atoms. The first-order valence-electron chi connectivity index (χ1n) is 7.95. The third kappa shape index (κ3) is 6.72. The third-order valence-corrected chi connectivity index (χ3v) is 4.14. The summed E-state index contributed by atoms with van der Waals surface area (Å²) >= 11 is 0. The van der Waals surface area contributed by atoms with Crippen molar-refractivity contribution in [3.05, 3.63) is 34.4 Å². The first kappa shape index (κ1) is 22.1. The van der Waals surface area contributed by atoms with Crippen molar-refractivity contribution < 1.29 is 9.72 Å². The maximum Gasteiger partial charge on any atom is 0.269 e. The zero-order valence-electron chi connectivity index (χ0n) is 14.2. The van der Waals surface area contributed by atoms with Gasteiger partial charge in [-0.15, -0.1) is 12.4 Å². The van der Waals surface area contributed by atoms with Crippen molar-refractivity contribution in [1.82, 2.24) is 5.32 Å². The number of hydrogen-bond donors (Lipinski definition) is 3. The van der Waals surface area contributed by atoms with Gasteiger partial charge in [0.15, 0.2) is 0 Å². The topological polar surface area (TPSA) is 110 Å². The second-order valence-electron chi connectivity index (χ2n) is 5.57. The number of carbonyl (C=O) groups excluding carboxylic acids is 1. The highest BCUT2D eigenvalue weighted by Crippen LogP contribution is 2.16. The predicted molar refractivity (Wildman–Crippen MR) is 98.6 cm³/mol.